The van der Waals surface area contributed by atoms with Crippen molar-refractivity contribution in [3.05, 3.63) is 59.7 Å². The van der Waals surface area contributed by atoms with Gasteiger partial charge >= 0.3 is 5.97 Å². The van der Waals surface area contributed by atoms with E-state index in [1.54, 1.807) is 12.1 Å². The highest BCUT2D eigenvalue weighted by atomic mass is 16.5. The number of ether oxygens (including phenoxy) is 2. The topological polar surface area (TPSA) is 35.5 Å². The van der Waals surface area contributed by atoms with Crippen LogP contribution in [0, 0.1) is 17.8 Å². The Bertz CT molecular complexity index is 894. The Morgan fingerprint density at radius 1 is 0.789 bits per heavy atom. The summed E-state index contributed by atoms with van der Waals surface area (Å²) in [7, 11) is 0. The van der Waals surface area contributed by atoms with Gasteiger partial charge in [0, 0.05) is 0 Å². The van der Waals surface area contributed by atoms with Crippen LogP contribution in [-0.4, -0.2) is 12.6 Å². The molecule has 38 heavy (non-hydrogen) atoms. The molecule has 2 aromatic carbocycles. The predicted octanol–water partition coefficient (Wildman–Crippen LogP) is 10.2. The summed E-state index contributed by atoms with van der Waals surface area (Å²) in [5, 5.41) is 0. The maximum atomic E-state index is 12.6. The zero-order chi connectivity index (χ0) is 27.0. The maximum Gasteiger partial charge on any atom is 0.343 e. The molecular weight excluding hydrogens is 468 g/mol. The molecule has 210 valence electrons. The van der Waals surface area contributed by atoms with Gasteiger partial charge in [-0.05, 0) is 85.4 Å². The van der Waals surface area contributed by atoms with Crippen LogP contribution in [0.1, 0.15) is 127 Å². The van der Waals surface area contributed by atoms with Gasteiger partial charge in [-0.3, -0.25) is 0 Å². The average molecular weight is 521 g/mol. The largest absolute Gasteiger partial charge is 0.494 e. The van der Waals surface area contributed by atoms with Crippen LogP contribution in [0.3, 0.4) is 0 Å². The standard InChI is InChI=1S/C35H52O3/c1-4-6-7-8-9-12-29-13-15-30(16-14-29)17-18-31-19-23-34(24-20-31)38-35(36)32-21-25-33(26-22-32)37-27-10-11-28(3)5-2/h19-26,28-30H,4-18,27H2,1-3H3/t28-,29?,30?/m0/s1. The fraction of sp³-hybridized carbons (Fsp3) is 0.629. The lowest BCUT2D eigenvalue weighted by Gasteiger charge is -2.28. The quantitative estimate of drug-likeness (QED) is 0.118. The normalized spacial score (nSPS) is 18.2. The van der Waals surface area contributed by atoms with Gasteiger partial charge < -0.3 is 9.47 Å². The van der Waals surface area contributed by atoms with Gasteiger partial charge in [0.1, 0.15) is 11.5 Å². The van der Waals surface area contributed by atoms with E-state index in [-0.39, 0.29) is 5.97 Å². The Balaban J connectivity index is 1.32. The predicted molar refractivity (Wildman–Crippen MR) is 159 cm³/mol. The molecule has 3 nitrogen and oxygen atoms in total. The smallest absolute Gasteiger partial charge is 0.343 e. The second kappa shape index (κ2) is 17.3. The molecule has 0 spiro atoms. The molecule has 0 heterocycles. The third-order valence-electron chi connectivity index (χ3n) is 8.55. The first-order valence-corrected chi connectivity index (χ1v) is 15.6. The van der Waals surface area contributed by atoms with Gasteiger partial charge in [0.15, 0.2) is 0 Å². The highest BCUT2D eigenvalue weighted by Crippen LogP contribution is 2.34. The van der Waals surface area contributed by atoms with Gasteiger partial charge in [-0.25, -0.2) is 4.79 Å². The summed E-state index contributed by atoms with van der Waals surface area (Å²) < 4.78 is 11.4. The molecule has 1 aliphatic carbocycles. The highest BCUT2D eigenvalue weighted by molar-refractivity contribution is 5.91. The molecule has 3 rings (SSSR count). The molecule has 0 aromatic heterocycles. The van der Waals surface area contributed by atoms with E-state index in [0.717, 1.165) is 36.3 Å². The van der Waals surface area contributed by atoms with Crippen LogP contribution in [0.5, 0.6) is 11.5 Å². The van der Waals surface area contributed by atoms with Crippen molar-refractivity contribution < 1.29 is 14.3 Å². The fourth-order valence-electron chi connectivity index (χ4n) is 5.62. The number of carbonyl (C=O) groups excluding carboxylic acids is 1. The minimum atomic E-state index is -0.330. The molecular formula is C35H52O3. The Morgan fingerprint density at radius 3 is 2.08 bits per heavy atom. The zero-order valence-electron chi connectivity index (χ0n) is 24.4. The summed E-state index contributed by atoms with van der Waals surface area (Å²) in [5.41, 5.74) is 1.87. The molecule has 3 heteroatoms. The Labute approximate surface area is 232 Å². The van der Waals surface area contributed by atoms with E-state index in [4.69, 9.17) is 9.47 Å². The number of esters is 1. The monoisotopic (exact) mass is 520 g/mol. The van der Waals surface area contributed by atoms with Crippen LogP contribution < -0.4 is 9.47 Å². The van der Waals surface area contributed by atoms with Crippen LogP contribution in [0.4, 0.5) is 0 Å². The van der Waals surface area contributed by atoms with Crippen molar-refractivity contribution in [3.63, 3.8) is 0 Å². The number of carbonyl (C=O) groups is 1. The van der Waals surface area contributed by atoms with Crippen molar-refractivity contribution in [1.82, 2.24) is 0 Å². The summed E-state index contributed by atoms with van der Waals surface area (Å²) in [6, 6.07) is 15.3. The van der Waals surface area contributed by atoms with Gasteiger partial charge in [0.2, 0.25) is 0 Å². The molecule has 1 atom stereocenters. The first kappa shape index (κ1) is 30.3. The minimum Gasteiger partial charge on any atom is -0.494 e. The van der Waals surface area contributed by atoms with E-state index in [2.05, 4.69) is 32.9 Å². The van der Waals surface area contributed by atoms with Gasteiger partial charge in [-0.2, -0.15) is 0 Å². The van der Waals surface area contributed by atoms with Crippen LogP contribution in [0.15, 0.2) is 48.5 Å². The molecule has 0 N–H and O–H groups in total. The van der Waals surface area contributed by atoms with E-state index < -0.39 is 0 Å². The van der Waals surface area contributed by atoms with E-state index in [0.29, 0.717) is 17.9 Å². The maximum absolute atomic E-state index is 12.6. The summed E-state index contributed by atoms with van der Waals surface area (Å²) in [5.74, 6) is 3.66. The van der Waals surface area contributed by atoms with Crippen molar-refractivity contribution in [2.45, 2.75) is 117 Å². The Hall–Kier alpha value is -2.29. The van der Waals surface area contributed by atoms with Gasteiger partial charge in [-0.15, -0.1) is 0 Å². The summed E-state index contributed by atoms with van der Waals surface area (Å²) >= 11 is 0. The fourth-order valence-corrected chi connectivity index (χ4v) is 5.62. The van der Waals surface area contributed by atoms with Crippen molar-refractivity contribution in [2.75, 3.05) is 6.61 Å². The first-order chi connectivity index (χ1) is 18.6. The number of benzene rings is 2. The number of hydrogen-bond acceptors (Lipinski definition) is 3. The second-order valence-electron chi connectivity index (χ2n) is 11.7. The SMILES string of the molecule is CCCCCCCC1CCC(CCc2ccc(OC(=O)c3ccc(OCCC[C@@H](C)CC)cc3)cc2)CC1. The number of unbranched alkanes of at least 4 members (excludes halogenated alkanes) is 4. The van der Waals surface area contributed by atoms with Crippen molar-refractivity contribution >= 4 is 5.97 Å². The van der Waals surface area contributed by atoms with Gasteiger partial charge in [-0.1, -0.05) is 104 Å². The van der Waals surface area contributed by atoms with Gasteiger partial charge in [0.05, 0.1) is 12.2 Å². The molecule has 1 saturated carbocycles. The van der Waals surface area contributed by atoms with Crippen molar-refractivity contribution in [1.29, 1.82) is 0 Å². The molecule has 0 saturated heterocycles. The van der Waals surface area contributed by atoms with E-state index in [1.807, 2.05) is 24.3 Å². The van der Waals surface area contributed by atoms with Crippen molar-refractivity contribution in [3.8, 4) is 11.5 Å². The van der Waals surface area contributed by atoms with E-state index in [1.165, 1.54) is 89.0 Å². The molecule has 0 unspecified atom stereocenters. The zero-order valence-corrected chi connectivity index (χ0v) is 24.4. The van der Waals surface area contributed by atoms with Crippen LogP contribution >= 0.6 is 0 Å². The Kier molecular flexibility index (Phi) is 13.8. The summed E-state index contributed by atoms with van der Waals surface area (Å²) in [6.45, 7) is 7.50. The molecule has 0 aliphatic heterocycles. The van der Waals surface area contributed by atoms with E-state index in [9.17, 15) is 4.79 Å². The highest BCUT2D eigenvalue weighted by Gasteiger charge is 2.20. The minimum absolute atomic E-state index is 0.330. The molecule has 1 fully saturated rings. The van der Waals surface area contributed by atoms with Crippen LogP contribution in [0.2, 0.25) is 0 Å². The number of aryl methyl sites for hydroxylation is 1. The van der Waals surface area contributed by atoms with E-state index >= 15 is 0 Å². The number of rotatable bonds is 17. The molecule has 0 radical (unpaired) electrons. The third-order valence-corrected chi connectivity index (χ3v) is 8.55. The third kappa shape index (κ3) is 11.2. The summed E-state index contributed by atoms with van der Waals surface area (Å²) in [6.07, 6.45) is 20.0. The average Bonchev–Trinajstić information content (AvgIpc) is 2.95. The van der Waals surface area contributed by atoms with Crippen LogP contribution in [0.25, 0.3) is 0 Å². The lowest BCUT2D eigenvalue weighted by molar-refractivity contribution is 0.0734. The molecule has 0 bridgehead atoms. The number of hydrogen-bond donors (Lipinski definition) is 0. The van der Waals surface area contributed by atoms with Gasteiger partial charge in [0.25, 0.3) is 0 Å². The second-order valence-corrected chi connectivity index (χ2v) is 11.7. The molecule has 1 aliphatic rings. The first-order valence-electron chi connectivity index (χ1n) is 15.6. The van der Waals surface area contributed by atoms with Crippen LogP contribution in [-0.2, 0) is 6.42 Å². The molecule has 2 aromatic rings. The van der Waals surface area contributed by atoms with Crippen molar-refractivity contribution in [2.24, 2.45) is 17.8 Å². The lowest BCUT2D eigenvalue weighted by atomic mass is 9.78. The summed E-state index contributed by atoms with van der Waals surface area (Å²) in [4.78, 5) is 12.6. The Morgan fingerprint density at radius 2 is 1.42 bits per heavy atom. The molecule has 0 amide bonds. The lowest BCUT2D eigenvalue weighted by Crippen LogP contribution is -2.15.